The normalized spacial score (nSPS) is 16.5. The fraction of sp³-hybridized carbons (Fsp3) is 0.842. The molecule has 1 rings (SSSR count). The standard InChI is InChI=1S/C19H37N3/c1-3-4-5-6-7-8-9-10-11-12-13-14-15-19-21-16-17-22(19)18(2)20/h10-11,18H,3-9,12-17,20H2,1-2H3/b11-10+. The van der Waals surface area contributed by atoms with Crippen LogP contribution < -0.4 is 5.73 Å². The molecule has 1 heterocycles. The van der Waals surface area contributed by atoms with Crippen LogP contribution in [0.4, 0.5) is 0 Å². The van der Waals surface area contributed by atoms with E-state index in [1.165, 1.54) is 70.0 Å². The lowest BCUT2D eigenvalue weighted by Crippen LogP contribution is -2.41. The first-order chi connectivity index (χ1) is 10.8. The third-order valence-corrected chi connectivity index (χ3v) is 4.37. The van der Waals surface area contributed by atoms with Crippen LogP contribution in [0.25, 0.3) is 0 Å². The Balaban J connectivity index is 1.92. The van der Waals surface area contributed by atoms with Crippen molar-refractivity contribution in [1.29, 1.82) is 0 Å². The summed E-state index contributed by atoms with van der Waals surface area (Å²) in [5.74, 6) is 1.23. The maximum absolute atomic E-state index is 5.96. The topological polar surface area (TPSA) is 41.6 Å². The highest BCUT2D eigenvalue weighted by Crippen LogP contribution is 2.12. The van der Waals surface area contributed by atoms with Gasteiger partial charge in [-0.1, -0.05) is 51.2 Å². The van der Waals surface area contributed by atoms with Crippen LogP contribution in [0.5, 0.6) is 0 Å². The summed E-state index contributed by atoms with van der Waals surface area (Å²) in [6, 6.07) is 0. The zero-order chi connectivity index (χ0) is 16.0. The number of nitrogens with two attached hydrogens (primary N) is 1. The van der Waals surface area contributed by atoms with Crippen molar-refractivity contribution in [2.75, 3.05) is 13.1 Å². The van der Waals surface area contributed by atoms with E-state index in [2.05, 4.69) is 29.0 Å². The first-order valence-electron chi connectivity index (χ1n) is 9.46. The van der Waals surface area contributed by atoms with Crippen molar-refractivity contribution in [3.05, 3.63) is 12.2 Å². The maximum Gasteiger partial charge on any atom is 0.100 e. The molecule has 0 aromatic heterocycles. The fourth-order valence-corrected chi connectivity index (χ4v) is 2.99. The molecule has 0 bridgehead atoms. The average molecular weight is 308 g/mol. The monoisotopic (exact) mass is 307 g/mol. The Morgan fingerprint density at radius 3 is 2.36 bits per heavy atom. The van der Waals surface area contributed by atoms with E-state index < -0.39 is 0 Å². The lowest BCUT2D eigenvalue weighted by atomic mass is 10.1. The molecule has 3 nitrogen and oxygen atoms in total. The Bertz CT molecular complexity index is 321. The van der Waals surface area contributed by atoms with Crippen molar-refractivity contribution in [1.82, 2.24) is 4.90 Å². The van der Waals surface area contributed by atoms with Gasteiger partial charge in [-0.15, -0.1) is 0 Å². The van der Waals surface area contributed by atoms with Crippen LogP contribution in [0.2, 0.25) is 0 Å². The molecule has 3 heteroatoms. The van der Waals surface area contributed by atoms with E-state index in [1.54, 1.807) is 0 Å². The molecule has 1 aliphatic heterocycles. The zero-order valence-electron chi connectivity index (χ0n) is 14.9. The minimum Gasteiger partial charge on any atom is -0.343 e. The molecule has 1 unspecified atom stereocenters. The molecule has 22 heavy (non-hydrogen) atoms. The SMILES string of the molecule is CCCCCCCC/C=C/CCCCC1=NCCN1C(C)N. The van der Waals surface area contributed by atoms with Gasteiger partial charge in [0, 0.05) is 13.0 Å². The third-order valence-electron chi connectivity index (χ3n) is 4.37. The molecule has 0 aromatic carbocycles. The van der Waals surface area contributed by atoms with Gasteiger partial charge in [0.1, 0.15) is 5.84 Å². The molecule has 0 spiro atoms. The van der Waals surface area contributed by atoms with E-state index in [0.717, 1.165) is 19.5 Å². The van der Waals surface area contributed by atoms with Gasteiger partial charge < -0.3 is 10.6 Å². The highest BCUT2D eigenvalue weighted by atomic mass is 15.3. The van der Waals surface area contributed by atoms with Crippen LogP contribution in [-0.4, -0.2) is 30.0 Å². The van der Waals surface area contributed by atoms with Gasteiger partial charge in [0.05, 0.1) is 12.7 Å². The number of hydrogen-bond acceptors (Lipinski definition) is 3. The van der Waals surface area contributed by atoms with E-state index >= 15 is 0 Å². The van der Waals surface area contributed by atoms with E-state index in [-0.39, 0.29) is 6.17 Å². The number of rotatable bonds is 13. The maximum atomic E-state index is 5.96. The van der Waals surface area contributed by atoms with Crippen molar-refractivity contribution in [2.24, 2.45) is 10.7 Å². The lowest BCUT2D eigenvalue weighted by molar-refractivity contribution is 0.359. The minimum absolute atomic E-state index is 0.110. The highest BCUT2D eigenvalue weighted by molar-refractivity contribution is 5.83. The molecule has 0 aromatic rings. The molecule has 0 amide bonds. The highest BCUT2D eigenvalue weighted by Gasteiger charge is 2.18. The number of unbranched alkanes of at least 4 members (excludes halogenated alkanes) is 8. The molecule has 1 atom stereocenters. The smallest absolute Gasteiger partial charge is 0.100 e. The average Bonchev–Trinajstić information content (AvgIpc) is 2.97. The van der Waals surface area contributed by atoms with Gasteiger partial charge in [-0.2, -0.15) is 0 Å². The first-order valence-corrected chi connectivity index (χ1v) is 9.46. The Labute approximate surface area is 138 Å². The predicted octanol–water partition coefficient (Wildman–Crippen LogP) is 4.87. The minimum atomic E-state index is 0.110. The molecule has 0 aliphatic carbocycles. The summed E-state index contributed by atoms with van der Waals surface area (Å²) in [6.45, 7) is 6.25. The summed E-state index contributed by atoms with van der Waals surface area (Å²) in [5, 5.41) is 0. The van der Waals surface area contributed by atoms with Crippen LogP contribution in [0, 0.1) is 0 Å². The summed E-state index contributed by atoms with van der Waals surface area (Å²) in [6.07, 6.45) is 19.2. The van der Waals surface area contributed by atoms with Gasteiger partial charge in [0.2, 0.25) is 0 Å². The van der Waals surface area contributed by atoms with Crippen LogP contribution in [0.3, 0.4) is 0 Å². The van der Waals surface area contributed by atoms with E-state index in [1.807, 2.05) is 6.92 Å². The van der Waals surface area contributed by atoms with Gasteiger partial charge in [0.15, 0.2) is 0 Å². The zero-order valence-corrected chi connectivity index (χ0v) is 14.9. The number of allylic oxidation sites excluding steroid dienone is 2. The van der Waals surface area contributed by atoms with Crippen LogP contribution in [0.1, 0.15) is 84.5 Å². The quantitative estimate of drug-likeness (QED) is 0.389. The van der Waals surface area contributed by atoms with Crippen LogP contribution in [0.15, 0.2) is 17.1 Å². The molecule has 1 aliphatic rings. The van der Waals surface area contributed by atoms with Crippen LogP contribution >= 0.6 is 0 Å². The molecular weight excluding hydrogens is 270 g/mol. The Kier molecular flexibility index (Phi) is 11.1. The number of nitrogens with zero attached hydrogens (tertiary/aromatic N) is 2. The van der Waals surface area contributed by atoms with Gasteiger partial charge >= 0.3 is 0 Å². The second-order valence-electron chi connectivity index (χ2n) is 6.51. The number of amidine groups is 1. The Morgan fingerprint density at radius 1 is 1.05 bits per heavy atom. The summed E-state index contributed by atoms with van der Waals surface area (Å²) in [7, 11) is 0. The van der Waals surface area contributed by atoms with Crippen molar-refractivity contribution in [2.45, 2.75) is 90.6 Å². The van der Waals surface area contributed by atoms with E-state index in [9.17, 15) is 0 Å². The van der Waals surface area contributed by atoms with Gasteiger partial charge in [-0.05, 0) is 39.0 Å². The van der Waals surface area contributed by atoms with Crippen molar-refractivity contribution in [3.8, 4) is 0 Å². The van der Waals surface area contributed by atoms with Gasteiger partial charge in [0.25, 0.3) is 0 Å². The fourth-order valence-electron chi connectivity index (χ4n) is 2.99. The second kappa shape index (κ2) is 12.7. The predicted molar refractivity (Wildman–Crippen MR) is 98.3 cm³/mol. The summed E-state index contributed by atoms with van der Waals surface area (Å²) in [5.41, 5.74) is 5.96. The molecule has 2 N–H and O–H groups in total. The lowest BCUT2D eigenvalue weighted by Gasteiger charge is -2.24. The Hall–Kier alpha value is -0.830. The molecule has 0 saturated heterocycles. The summed E-state index contributed by atoms with van der Waals surface area (Å²) < 4.78 is 0. The third kappa shape index (κ3) is 8.57. The first kappa shape index (κ1) is 19.2. The molecular formula is C19H37N3. The molecule has 128 valence electrons. The number of aliphatic imine (C=N–C) groups is 1. The van der Waals surface area contributed by atoms with Crippen molar-refractivity contribution in [3.63, 3.8) is 0 Å². The molecule has 0 fully saturated rings. The van der Waals surface area contributed by atoms with Gasteiger partial charge in [-0.25, -0.2) is 0 Å². The largest absolute Gasteiger partial charge is 0.343 e. The van der Waals surface area contributed by atoms with Crippen molar-refractivity contribution >= 4 is 5.84 Å². The molecule has 0 saturated carbocycles. The summed E-state index contributed by atoms with van der Waals surface area (Å²) in [4.78, 5) is 6.82. The molecule has 0 radical (unpaired) electrons. The second-order valence-corrected chi connectivity index (χ2v) is 6.51. The van der Waals surface area contributed by atoms with Gasteiger partial charge in [-0.3, -0.25) is 4.99 Å². The Morgan fingerprint density at radius 2 is 1.68 bits per heavy atom. The van der Waals surface area contributed by atoms with E-state index in [4.69, 9.17) is 5.73 Å². The van der Waals surface area contributed by atoms with Crippen LogP contribution in [-0.2, 0) is 0 Å². The summed E-state index contributed by atoms with van der Waals surface area (Å²) >= 11 is 0. The number of hydrogen-bond donors (Lipinski definition) is 1. The van der Waals surface area contributed by atoms with Crippen molar-refractivity contribution < 1.29 is 0 Å². The van der Waals surface area contributed by atoms with E-state index in [0.29, 0.717) is 0 Å².